The lowest BCUT2D eigenvalue weighted by molar-refractivity contribution is 0.496. The molecular formula is C43H33N5. The topological polar surface area (TPSA) is 29.2 Å². The van der Waals surface area contributed by atoms with Crippen LogP contribution in [0.1, 0.15) is 11.1 Å². The molecule has 1 aliphatic heterocycles. The molecule has 3 heterocycles. The number of rotatable bonds is 4. The number of anilines is 1. The van der Waals surface area contributed by atoms with E-state index >= 15 is 0 Å². The first-order valence-electron chi connectivity index (χ1n) is 16.6. The fraction of sp³-hybridized carbons (Fsp3) is 0.0930. The highest BCUT2D eigenvalue weighted by Crippen LogP contribution is 2.43. The lowest BCUT2D eigenvalue weighted by atomic mass is 9.95. The minimum atomic E-state index is 0.833. The number of para-hydroxylation sites is 2. The lowest BCUT2D eigenvalue weighted by Crippen LogP contribution is -2.21. The third-order valence-corrected chi connectivity index (χ3v) is 10.2. The summed E-state index contributed by atoms with van der Waals surface area (Å²) in [5.74, 6) is 0.965. The highest BCUT2D eigenvalue weighted by molar-refractivity contribution is 6.16. The van der Waals surface area contributed by atoms with Gasteiger partial charge in [0.05, 0.1) is 28.7 Å². The SMILES string of the molecule is CN1C=CN(c2cccc(-n3c4cc(-c5nc6ccccc6n5C)ccc4c4c(-c5ccc6c(c5)Cc5ccccc5-6)cccc43)c2)C1. The van der Waals surface area contributed by atoms with Crippen LogP contribution in [-0.2, 0) is 13.5 Å². The zero-order valence-corrected chi connectivity index (χ0v) is 26.9. The molecule has 0 amide bonds. The van der Waals surface area contributed by atoms with Crippen molar-refractivity contribution in [2.75, 3.05) is 18.6 Å². The van der Waals surface area contributed by atoms with Crippen LogP contribution in [0, 0.1) is 0 Å². The molecule has 0 bridgehead atoms. The van der Waals surface area contributed by atoms with Crippen LogP contribution >= 0.6 is 0 Å². The molecule has 0 atom stereocenters. The Morgan fingerprint density at radius 3 is 2.23 bits per heavy atom. The number of hydrogen-bond acceptors (Lipinski definition) is 3. The van der Waals surface area contributed by atoms with Crippen LogP contribution in [0.2, 0.25) is 0 Å². The molecule has 6 aromatic carbocycles. The molecule has 48 heavy (non-hydrogen) atoms. The number of aromatic nitrogens is 3. The number of hydrogen-bond donors (Lipinski definition) is 0. The van der Waals surface area contributed by atoms with E-state index in [1.165, 1.54) is 60.9 Å². The van der Waals surface area contributed by atoms with Gasteiger partial charge in [-0.15, -0.1) is 0 Å². The average Bonchev–Trinajstić information content (AvgIpc) is 3.89. The molecule has 2 aromatic heterocycles. The fourth-order valence-electron chi connectivity index (χ4n) is 7.95. The number of benzene rings is 6. The van der Waals surface area contributed by atoms with Gasteiger partial charge in [0.15, 0.2) is 0 Å². The van der Waals surface area contributed by atoms with Crippen LogP contribution in [0.15, 0.2) is 140 Å². The molecule has 0 N–H and O–H groups in total. The van der Waals surface area contributed by atoms with Gasteiger partial charge in [0.25, 0.3) is 0 Å². The molecule has 0 radical (unpaired) electrons. The summed E-state index contributed by atoms with van der Waals surface area (Å²) < 4.78 is 4.64. The van der Waals surface area contributed by atoms with E-state index in [1.54, 1.807) is 0 Å². The van der Waals surface area contributed by atoms with Crippen LogP contribution in [0.5, 0.6) is 0 Å². The first-order chi connectivity index (χ1) is 23.6. The summed E-state index contributed by atoms with van der Waals surface area (Å²) in [7, 11) is 4.22. The van der Waals surface area contributed by atoms with E-state index in [2.05, 4.69) is 173 Å². The van der Waals surface area contributed by atoms with E-state index in [0.29, 0.717) is 0 Å². The van der Waals surface area contributed by atoms with E-state index in [9.17, 15) is 0 Å². The van der Waals surface area contributed by atoms with Crippen LogP contribution in [0.4, 0.5) is 5.69 Å². The second kappa shape index (κ2) is 10.2. The third-order valence-electron chi connectivity index (χ3n) is 10.2. The van der Waals surface area contributed by atoms with Gasteiger partial charge in [-0.1, -0.05) is 84.9 Å². The van der Waals surface area contributed by atoms with E-state index in [1.807, 2.05) is 0 Å². The van der Waals surface area contributed by atoms with Gasteiger partial charge in [-0.3, -0.25) is 0 Å². The maximum Gasteiger partial charge on any atom is 0.140 e. The molecule has 1 aliphatic carbocycles. The highest BCUT2D eigenvalue weighted by Gasteiger charge is 2.22. The second-order valence-electron chi connectivity index (χ2n) is 13.1. The second-order valence-corrected chi connectivity index (χ2v) is 13.1. The first kappa shape index (κ1) is 27.1. The predicted molar refractivity (Wildman–Crippen MR) is 198 cm³/mol. The molecular weight excluding hydrogens is 587 g/mol. The molecule has 0 saturated carbocycles. The summed E-state index contributed by atoms with van der Waals surface area (Å²) in [6.45, 7) is 0.833. The van der Waals surface area contributed by atoms with Crippen molar-refractivity contribution in [3.8, 4) is 39.3 Å². The van der Waals surface area contributed by atoms with Crippen molar-refractivity contribution >= 4 is 38.5 Å². The molecule has 10 rings (SSSR count). The maximum absolute atomic E-state index is 5.07. The monoisotopic (exact) mass is 619 g/mol. The van der Waals surface area contributed by atoms with Crippen molar-refractivity contribution in [1.29, 1.82) is 0 Å². The van der Waals surface area contributed by atoms with Crippen LogP contribution in [0.3, 0.4) is 0 Å². The van der Waals surface area contributed by atoms with Gasteiger partial charge >= 0.3 is 0 Å². The predicted octanol–water partition coefficient (Wildman–Crippen LogP) is 9.76. The van der Waals surface area contributed by atoms with Gasteiger partial charge in [-0.05, 0) is 82.3 Å². The Labute approximate surface area is 279 Å². The van der Waals surface area contributed by atoms with Crippen molar-refractivity contribution in [2.45, 2.75) is 6.42 Å². The number of nitrogens with zero attached hydrogens (tertiary/aromatic N) is 5. The van der Waals surface area contributed by atoms with Gasteiger partial charge in [0, 0.05) is 54.2 Å². The fourth-order valence-corrected chi connectivity index (χ4v) is 7.95. The highest BCUT2D eigenvalue weighted by atomic mass is 15.3. The summed E-state index contributed by atoms with van der Waals surface area (Å²) in [5.41, 5.74) is 15.9. The quantitative estimate of drug-likeness (QED) is 0.196. The van der Waals surface area contributed by atoms with Crippen molar-refractivity contribution in [2.24, 2.45) is 7.05 Å². The van der Waals surface area contributed by atoms with Crippen LogP contribution < -0.4 is 4.90 Å². The zero-order valence-electron chi connectivity index (χ0n) is 26.9. The molecule has 0 spiro atoms. The molecule has 5 nitrogen and oxygen atoms in total. The molecule has 8 aromatic rings. The summed E-state index contributed by atoms with van der Waals surface area (Å²) in [6, 6.07) is 46.8. The van der Waals surface area contributed by atoms with Crippen molar-refractivity contribution in [3.63, 3.8) is 0 Å². The normalized spacial score (nSPS) is 13.7. The summed E-state index contributed by atoms with van der Waals surface area (Å²) in [4.78, 5) is 9.55. The van der Waals surface area contributed by atoms with Crippen LogP contribution in [0.25, 0.3) is 72.2 Å². The Bertz CT molecular complexity index is 2620. The zero-order chi connectivity index (χ0) is 31.9. The standard InChI is InChI=1S/C43H33N5/c1-45-21-22-47(27-45)32-10-7-11-33(26-32)48-40-16-8-13-36(29-17-19-35-31(24-29)23-28-9-3-4-12-34(28)35)42(40)37-20-18-30(25-41(37)48)43-44-38-14-5-6-15-39(38)46(43)2/h3-22,24-26H,23,27H2,1-2H3. The molecule has 0 saturated heterocycles. The number of imidazole rings is 1. The number of aryl methyl sites for hydroxylation is 1. The Morgan fingerprint density at radius 2 is 1.33 bits per heavy atom. The van der Waals surface area contributed by atoms with Gasteiger partial charge in [-0.25, -0.2) is 4.98 Å². The summed E-state index contributed by atoms with van der Waals surface area (Å²) in [6.07, 6.45) is 5.25. The van der Waals surface area contributed by atoms with Gasteiger partial charge in [0.2, 0.25) is 0 Å². The van der Waals surface area contributed by atoms with Crippen molar-refractivity contribution in [3.05, 3.63) is 151 Å². The van der Waals surface area contributed by atoms with Crippen molar-refractivity contribution in [1.82, 2.24) is 19.0 Å². The average molecular weight is 620 g/mol. The van der Waals surface area contributed by atoms with E-state index in [-0.39, 0.29) is 0 Å². The van der Waals surface area contributed by atoms with E-state index in [4.69, 9.17) is 4.98 Å². The number of fused-ring (bicyclic) bond motifs is 7. The summed E-state index contributed by atoms with van der Waals surface area (Å²) in [5, 5.41) is 2.50. The molecule has 0 unspecified atom stereocenters. The van der Waals surface area contributed by atoms with Gasteiger partial charge < -0.3 is 18.9 Å². The van der Waals surface area contributed by atoms with Gasteiger partial charge in [-0.2, -0.15) is 0 Å². The third kappa shape index (κ3) is 4.00. The first-order valence-corrected chi connectivity index (χ1v) is 16.6. The molecule has 5 heteroatoms. The Hall–Kier alpha value is -6.07. The maximum atomic E-state index is 5.07. The van der Waals surface area contributed by atoms with Crippen LogP contribution in [-0.4, -0.2) is 32.7 Å². The molecule has 2 aliphatic rings. The van der Waals surface area contributed by atoms with Gasteiger partial charge in [0.1, 0.15) is 5.82 Å². The Morgan fingerprint density at radius 1 is 0.562 bits per heavy atom. The lowest BCUT2D eigenvalue weighted by Gasteiger charge is -2.19. The van der Waals surface area contributed by atoms with E-state index in [0.717, 1.165) is 41.2 Å². The largest absolute Gasteiger partial charge is 0.361 e. The molecule has 0 fully saturated rings. The van der Waals surface area contributed by atoms with E-state index < -0.39 is 0 Å². The smallest absolute Gasteiger partial charge is 0.140 e. The minimum absolute atomic E-state index is 0.833. The Balaban J connectivity index is 1.21. The summed E-state index contributed by atoms with van der Waals surface area (Å²) >= 11 is 0. The minimum Gasteiger partial charge on any atom is -0.361 e. The molecule has 230 valence electrons. The van der Waals surface area contributed by atoms with Crippen molar-refractivity contribution < 1.29 is 0 Å². The Kier molecular flexibility index (Phi) is 5.76.